The molecule has 36 heteroatoms. The van der Waals surface area contributed by atoms with Gasteiger partial charge in [-0.15, -0.1) is 0 Å². The van der Waals surface area contributed by atoms with Crippen LogP contribution in [0, 0.1) is 20.8 Å². The summed E-state index contributed by atoms with van der Waals surface area (Å²) in [6.07, 6.45) is 0. The van der Waals surface area contributed by atoms with Gasteiger partial charge in [-0.05, 0) is 44.5 Å². The average Bonchev–Trinajstić information content (AvgIpc) is 0.772. The molecular formula is C112H116N16O20. The number of carbonyl (C=O) groups excluding carboxylic acids is 12. The summed E-state index contributed by atoms with van der Waals surface area (Å²) in [5.74, 6) is -9.37. The summed E-state index contributed by atoms with van der Waals surface area (Å²) in [4.78, 5) is 206. The van der Waals surface area contributed by atoms with Crippen molar-refractivity contribution in [2.45, 2.75) is 78.5 Å². The Kier molecular flexibility index (Phi) is 36.0. The molecule has 15 rings (SSSR count). The molecule has 0 unspecified atom stereocenters. The van der Waals surface area contributed by atoms with Crippen LogP contribution in [0.5, 0.6) is 0 Å². The van der Waals surface area contributed by atoms with Gasteiger partial charge in [-0.1, -0.05) is 243 Å². The van der Waals surface area contributed by atoms with E-state index in [1.807, 2.05) is 0 Å². The number of hydrogen-bond donors (Lipinski definition) is 0. The highest BCUT2D eigenvalue weighted by Gasteiger charge is 2.39. The van der Waals surface area contributed by atoms with E-state index in [2.05, 4.69) is 0 Å². The highest BCUT2D eigenvalue weighted by molar-refractivity contribution is 5.94. The topological polar surface area (TPSA) is 388 Å². The Morgan fingerprint density at radius 2 is 0.338 bits per heavy atom. The highest BCUT2D eigenvalue weighted by atomic mass is 16.5. The molecule has 4 aromatic heterocycles. The molecule has 12 aromatic rings. The van der Waals surface area contributed by atoms with Crippen LogP contribution in [0.2, 0.25) is 0 Å². The summed E-state index contributed by atoms with van der Waals surface area (Å²) in [6, 6.07) is 80.1. The molecule has 3 aliphatic heterocycles. The largest absolute Gasteiger partial charge is 0.618 e. The molecule has 0 spiro atoms. The van der Waals surface area contributed by atoms with Gasteiger partial charge in [0.05, 0.1) is 129 Å². The summed E-state index contributed by atoms with van der Waals surface area (Å²) in [7, 11) is 4.35. The Morgan fingerprint density at radius 1 is 0.209 bits per heavy atom. The summed E-state index contributed by atoms with van der Waals surface area (Å²) >= 11 is 0. The van der Waals surface area contributed by atoms with E-state index in [-0.39, 0.29) is 150 Å². The number of benzene rings is 8. The van der Waals surface area contributed by atoms with Crippen molar-refractivity contribution in [3.8, 4) is 22.8 Å². The fraction of sp³-hybridized carbons (Fsp3) is 0.286. The first-order valence-corrected chi connectivity index (χ1v) is 48.5. The zero-order valence-electron chi connectivity index (χ0n) is 82.8. The summed E-state index contributed by atoms with van der Waals surface area (Å²) < 4.78 is 22.8. The van der Waals surface area contributed by atoms with E-state index in [1.165, 1.54) is 83.1 Å². The number of nitrogens with zero attached hydrogens (tertiary/aromatic N) is 16. The van der Waals surface area contributed by atoms with E-state index in [0.29, 0.717) is 63.4 Å². The fourth-order valence-electron chi connectivity index (χ4n) is 18.3. The monoisotopic (exact) mass is 2000 g/mol. The minimum Gasteiger partial charge on any atom is -0.618 e. The molecule has 148 heavy (non-hydrogen) atoms. The maximum absolute atomic E-state index is 16.3. The number of fused-ring (bicyclic) bond motifs is 28. The van der Waals surface area contributed by atoms with E-state index in [4.69, 9.17) is 18.9 Å². The fourth-order valence-corrected chi connectivity index (χ4v) is 18.3. The average molecular weight is 2010 g/mol. The molecule has 0 radical (unpaired) electrons. The number of hydrogen-bond acceptors (Lipinski definition) is 24. The third kappa shape index (κ3) is 28.0. The predicted molar refractivity (Wildman–Crippen MR) is 541 cm³/mol. The maximum atomic E-state index is 16.3. The van der Waals surface area contributed by atoms with Crippen LogP contribution in [-0.2, 0) is 136 Å². The minimum absolute atomic E-state index is 0.119. The highest BCUT2D eigenvalue weighted by Crippen LogP contribution is 2.28. The SMILES string of the molecule is COC(=O)c1cc2[n+]([O-])c(c1)-c1cc(C(=O)OC)cc([n+]1[O-])CN1CC(=O)N(Cc3ccccc3)CCN(Cc3ccccc3)C(=O)CN(CC(=O)N(Cc3ccccc3)CCN(Cc3ccccc3)C(=O)C1)Cc1cc(C(=O)OC)cc([n+]1[O-])-c1cc(C(=O)OC)cc([n+]1[O-])CN1CC(=O)N(Cc3ccccc3)CCN(Cc3ccccc3)C(=O)CN(CC(=O)N(Cc3ccccc3)CCN(Cc3ccccc3)C(=O)C1)C2. The van der Waals surface area contributed by atoms with Crippen molar-refractivity contribution < 1.29 is 95.4 Å². The van der Waals surface area contributed by atoms with Crippen LogP contribution >= 0.6 is 0 Å². The van der Waals surface area contributed by atoms with Crippen molar-refractivity contribution in [3.63, 3.8) is 0 Å². The van der Waals surface area contributed by atoms with Crippen LogP contribution in [0.15, 0.2) is 291 Å². The third-order valence-corrected chi connectivity index (χ3v) is 26.1. The summed E-state index contributed by atoms with van der Waals surface area (Å²) in [5.41, 5.74) is -0.200. The first-order chi connectivity index (χ1) is 71.7. The summed E-state index contributed by atoms with van der Waals surface area (Å²) in [5, 5.41) is 65.4. The number of esters is 4. The lowest BCUT2D eigenvalue weighted by atomic mass is 10.1. The van der Waals surface area contributed by atoms with Gasteiger partial charge in [0.1, 0.15) is 0 Å². The van der Waals surface area contributed by atoms with Crippen molar-refractivity contribution in [2.24, 2.45) is 0 Å². The smallest absolute Gasteiger partial charge is 0.338 e. The van der Waals surface area contributed by atoms with Gasteiger partial charge in [-0.25, -0.2) is 19.2 Å². The molecule has 36 nitrogen and oxygen atoms in total. The number of carbonyl (C=O) groups is 12. The van der Waals surface area contributed by atoms with E-state index in [1.54, 1.807) is 243 Å². The molecule has 2 fully saturated rings. The van der Waals surface area contributed by atoms with Gasteiger partial charge >= 0.3 is 23.9 Å². The Labute approximate surface area is 856 Å². The minimum atomic E-state index is -1.03. The molecule has 0 N–H and O–H groups in total. The molecule has 8 amide bonds. The molecule has 7 heterocycles. The first-order valence-electron chi connectivity index (χ1n) is 48.5. The lowest BCUT2D eigenvalue weighted by Crippen LogP contribution is -2.52. The Hall–Kier alpha value is -17.0. The molecule has 0 saturated carbocycles. The second-order valence-corrected chi connectivity index (χ2v) is 36.6. The van der Waals surface area contributed by atoms with Crippen LogP contribution in [0.4, 0.5) is 0 Å². The van der Waals surface area contributed by atoms with Crippen LogP contribution in [0.25, 0.3) is 22.8 Å². The van der Waals surface area contributed by atoms with Gasteiger partial charge in [0.15, 0.2) is 0 Å². The van der Waals surface area contributed by atoms with Crippen LogP contribution in [0.1, 0.15) is 109 Å². The molecule has 12 bridgehead atoms. The van der Waals surface area contributed by atoms with Crippen molar-refractivity contribution in [3.05, 3.63) is 402 Å². The lowest BCUT2D eigenvalue weighted by molar-refractivity contribution is -0.635. The molecule has 2 saturated heterocycles. The van der Waals surface area contributed by atoms with E-state index in [0.717, 1.165) is 52.7 Å². The number of pyridine rings is 4. The van der Waals surface area contributed by atoms with Gasteiger partial charge in [0.25, 0.3) is 22.8 Å². The number of aromatic nitrogens is 4. The second kappa shape index (κ2) is 50.5. The molecular weight excluding hydrogens is 1890 g/mol. The van der Waals surface area contributed by atoms with Crippen molar-refractivity contribution in [1.29, 1.82) is 0 Å². The first kappa shape index (κ1) is 105. The normalized spacial score (nSPS) is 17.2. The predicted octanol–water partition coefficient (Wildman–Crippen LogP) is 7.88. The standard InChI is InChI=1S/C112H116N16O20/c1-145-109(137)89-53-93-69-113-73-101(129)117(61-81-29-13-5-14-30-81)45-47-119(63-83-33-17-7-18-34-83)105(133)77-115(78-106(134)120(64-84-35-19-8-20-36-84)48-46-118(102(130)74-113)62-82-31-15-6-16-32-82)71-95-55-91(111(139)147-3)59-99(127(95)143)100-60-92(112(140)148-4)56-96(128(100)144)72-116-79-107(135)123(67-87-41-25-11-26-42-87)51-49-121(65-85-37-21-9-22-38-85)103(131)75-114(70-94-54-90(110(138)146-2)58-98(126(94)142)97(57-89)125(93)141)76-104(132)122(66-86-39-23-10-24-40-86)50-52-124(108(136)80-116)68-88-43-27-12-28-44-88/h5-44,53-60H,45-52,61-80H2,1-4H3. The van der Waals surface area contributed by atoms with Crippen molar-refractivity contribution in [2.75, 3.05) is 133 Å². The van der Waals surface area contributed by atoms with Crippen LogP contribution < -0.4 is 18.9 Å². The number of ether oxygens (including phenoxy) is 4. The van der Waals surface area contributed by atoms with Gasteiger partial charge in [-0.2, -0.15) is 18.9 Å². The van der Waals surface area contributed by atoms with Crippen molar-refractivity contribution >= 4 is 71.1 Å². The molecule has 764 valence electrons. The third-order valence-electron chi connectivity index (χ3n) is 26.1. The van der Waals surface area contributed by atoms with Crippen molar-refractivity contribution in [1.82, 2.24) is 58.8 Å². The number of methoxy groups -OCH3 is 4. The molecule has 0 aliphatic carbocycles. The van der Waals surface area contributed by atoms with E-state index < -0.39 is 172 Å². The summed E-state index contributed by atoms with van der Waals surface area (Å²) in [6.45, 7) is -11.2. The van der Waals surface area contributed by atoms with E-state index in [9.17, 15) is 19.2 Å². The van der Waals surface area contributed by atoms with Gasteiger partial charge < -0.3 is 79.0 Å². The van der Waals surface area contributed by atoms with Crippen LogP contribution in [-0.4, -0.2) is 263 Å². The van der Waals surface area contributed by atoms with Gasteiger partial charge in [0.2, 0.25) is 70.0 Å². The maximum Gasteiger partial charge on any atom is 0.338 e. The molecule has 3 aliphatic rings. The van der Waals surface area contributed by atoms with Gasteiger partial charge in [-0.3, -0.25) is 58.0 Å². The zero-order chi connectivity index (χ0) is 104. The zero-order valence-corrected chi connectivity index (χ0v) is 82.8. The lowest BCUT2D eigenvalue weighted by Gasteiger charge is -2.34. The Morgan fingerprint density at radius 3 is 0.459 bits per heavy atom. The van der Waals surface area contributed by atoms with E-state index >= 15 is 59.2 Å². The van der Waals surface area contributed by atoms with Gasteiger partial charge in [0, 0.05) is 153 Å². The quantitative estimate of drug-likeness (QED) is 0.0230. The number of rotatable bonds is 20. The van der Waals surface area contributed by atoms with Crippen LogP contribution in [0.3, 0.4) is 0 Å². The Balaban J connectivity index is 0.985. The number of amides is 8. The Bertz CT molecular complexity index is 5680. The molecule has 0 atom stereocenters. The molecule has 8 aromatic carbocycles. The second-order valence-electron chi connectivity index (χ2n) is 36.6.